The van der Waals surface area contributed by atoms with Gasteiger partial charge < -0.3 is 9.47 Å². The quantitative estimate of drug-likeness (QED) is 0.613. The van der Waals surface area contributed by atoms with Gasteiger partial charge in [0.05, 0.1) is 24.4 Å². The maximum absolute atomic E-state index is 14.7. The number of hydrogen-bond donors (Lipinski definition) is 0. The van der Waals surface area contributed by atoms with E-state index in [1.807, 2.05) is 0 Å². The average molecular weight is 441 g/mol. The number of likely N-dealkylation sites (tertiary alicyclic amines) is 1. The SMILES string of the molecule is COc1ccc(-n2c([C@H]3CCCN3C3CCOCC3)nc3ccc(F)c(F)c3c2=O)cc1. The van der Waals surface area contributed by atoms with Crippen LogP contribution in [0.15, 0.2) is 41.2 Å². The van der Waals surface area contributed by atoms with E-state index in [1.54, 1.807) is 31.4 Å². The van der Waals surface area contributed by atoms with Gasteiger partial charge in [-0.05, 0) is 68.6 Å². The summed E-state index contributed by atoms with van der Waals surface area (Å²) in [4.78, 5) is 20.7. The maximum Gasteiger partial charge on any atom is 0.269 e. The molecule has 8 heteroatoms. The molecule has 0 radical (unpaired) electrons. The van der Waals surface area contributed by atoms with Crippen molar-refractivity contribution in [3.05, 3.63) is 64.2 Å². The Bertz CT molecular complexity index is 1190. The summed E-state index contributed by atoms with van der Waals surface area (Å²) in [5.41, 5.74) is 0.112. The van der Waals surface area contributed by atoms with Crippen LogP contribution in [0.4, 0.5) is 8.78 Å². The number of nitrogens with zero attached hydrogens (tertiary/aromatic N) is 3. The van der Waals surface area contributed by atoms with E-state index in [0.29, 0.717) is 23.3 Å². The van der Waals surface area contributed by atoms with Gasteiger partial charge in [-0.15, -0.1) is 0 Å². The molecule has 0 amide bonds. The van der Waals surface area contributed by atoms with Crippen LogP contribution in [0.25, 0.3) is 16.6 Å². The number of hydrogen-bond acceptors (Lipinski definition) is 5. The molecule has 2 aliphatic heterocycles. The molecule has 3 aromatic rings. The van der Waals surface area contributed by atoms with Gasteiger partial charge in [-0.25, -0.2) is 13.8 Å². The van der Waals surface area contributed by atoms with Crippen LogP contribution in [-0.4, -0.2) is 47.4 Å². The third-order valence-electron chi connectivity index (χ3n) is 6.54. The highest BCUT2D eigenvalue weighted by Gasteiger charge is 2.36. The van der Waals surface area contributed by atoms with Gasteiger partial charge in [-0.3, -0.25) is 14.3 Å². The topological polar surface area (TPSA) is 56.6 Å². The zero-order chi connectivity index (χ0) is 22.2. The van der Waals surface area contributed by atoms with Crippen molar-refractivity contribution in [3.63, 3.8) is 0 Å². The molecule has 0 unspecified atom stereocenters. The van der Waals surface area contributed by atoms with Crippen molar-refractivity contribution in [1.82, 2.24) is 14.5 Å². The Morgan fingerprint density at radius 1 is 1.06 bits per heavy atom. The van der Waals surface area contributed by atoms with E-state index in [0.717, 1.165) is 51.5 Å². The largest absolute Gasteiger partial charge is 0.497 e. The number of benzene rings is 2. The van der Waals surface area contributed by atoms with Crippen LogP contribution in [0.5, 0.6) is 5.75 Å². The summed E-state index contributed by atoms with van der Waals surface area (Å²) in [6, 6.07) is 9.61. The van der Waals surface area contributed by atoms with Crippen LogP contribution < -0.4 is 10.3 Å². The zero-order valence-corrected chi connectivity index (χ0v) is 17.9. The lowest BCUT2D eigenvalue weighted by molar-refractivity contribution is 0.0276. The van der Waals surface area contributed by atoms with Crippen molar-refractivity contribution in [1.29, 1.82) is 0 Å². The summed E-state index contributed by atoms with van der Waals surface area (Å²) in [6.45, 7) is 2.34. The number of aromatic nitrogens is 2. The first-order chi connectivity index (χ1) is 15.6. The highest BCUT2D eigenvalue weighted by Crippen LogP contribution is 2.36. The molecule has 2 aliphatic rings. The molecule has 2 aromatic carbocycles. The molecule has 1 atom stereocenters. The highest BCUT2D eigenvalue weighted by molar-refractivity contribution is 5.79. The van der Waals surface area contributed by atoms with E-state index in [1.165, 1.54) is 10.6 Å². The van der Waals surface area contributed by atoms with Crippen LogP contribution in [0.2, 0.25) is 0 Å². The van der Waals surface area contributed by atoms with Gasteiger partial charge in [0, 0.05) is 19.3 Å². The second-order valence-corrected chi connectivity index (χ2v) is 8.30. The highest BCUT2D eigenvalue weighted by atomic mass is 19.2. The lowest BCUT2D eigenvalue weighted by atomic mass is 10.0. The molecule has 5 rings (SSSR count). The fourth-order valence-electron chi connectivity index (χ4n) is 4.95. The van der Waals surface area contributed by atoms with Crippen molar-refractivity contribution in [2.75, 3.05) is 26.9 Å². The smallest absolute Gasteiger partial charge is 0.269 e. The van der Waals surface area contributed by atoms with E-state index in [2.05, 4.69) is 4.90 Å². The van der Waals surface area contributed by atoms with Gasteiger partial charge in [0.25, 0.3) is 5.56 Å². The molecular weight excluding hydrogens is 416 g/mol. The molecule has 32 heavy (non-hydrogen) atoms. The van der Waals surface area contributed by atoms with E-state index >= 15 is 0 Å². The third kappa shape index (κ3) is 3.57. The first-order valence-electron chi connectivity index (χ1n) is 11.0. The molecule has 0 bridgehead atoms. The number of methoxy groups -OCH3 is 1. The number of halogens is 2. The van der Waals surface area contributed by atoms with Crippen molar-refractivity contribution in [2.24, 2.45) is 0 Å². The molecule has 2 fully saturated rings. The summed E-state index contributed by atoms with van der Waals surface area (Å²) in [6.07, 6.45) is 3.68. The van der Waals surface area contributed by atoms with E-state index in [4.69, 9.17) is 14.5 Å². The zero-order valence-electron chi connectivity index (χ0n) is 17.9. The van der Waals surface area contributed by atoms with Crippen LogP contribution in [-0.2, 0) is 4.74 Å². The van der Waals surface area contributed by atoms with Gasteiger partial charge >= 0.3 is 0 Å². The molecule has 168 valence electrons. The summed E-state index contributed by atoms with van der Waals surface area (Å²) in [5, 5.41) is -0.333. The molecule has 3 heterocycles. The fraction of sp³-hybridized carbons (Fsp3) is 0.417. The van der Waals surface area contributed by atoms with Crippen molar-refractivity contribution < 1.29 is 18.3 Å². The fourth-order valence-corrected chi connectivity index (χ4v) is 4.95. The molecule has 1 aromatic heterocycles. The normalized spacial score (nSPS) is 20.2. The molecule has 0 aliphatic carbocycles. The second kappa shape index (κ2) is 8.60. The average Bonchev–Trinajstić information content (AvgIpc) is 3.32. The number of rotatable bonds is 4. The van der Waals surface area contributed by atoms with Gasteiger partial charge in [0.2, 0.25) is 0 Å². The van der Waals surface area contributed by atoms with Crippen LogP contribution in [0.3, 0.4) is 0 Å². The van der Waals surface area contributed by atoms with Gasteiger partial charge in [0.15, 0.2) is 11.6 Å². The van der Waals surface area contributed by atoms with Gasteiger partial charge in [0.1, 0.15) is 17.0 Å². The summed E-state index contributed by atoms with van der Waals surface area (Å²) in [7, 11) is 1.56. The van der Waals surface area contributed by atoms with Crippen LogP contribution in [0.1, 0.15) is 37.5 Å². The van der Waals surface area contributed by atoms with E-state index in [-0.39, 0.29) is 16.9 Å². The first-order valence-corrected chi connectivity index (χ1v) is 11.0. The van der Waals surface area contributed by atoms with E-state index < -0.39 is 17.2 Å². The van der Waals surface area contributed by atoms with E-state index in [9.17, 15) is 13.6 Å². The Labute approximate surface area is 184 Å². The molecule has 0 N–H and O–H groups in total. The standard InChI is InChI=1S/C24H25F2N3O3/c1-31-17-6-4-16(5-7-17)29-23(20-3-2-12-28(20)15-10-13-32-14-11-15)27-19-9-8-18(25)22(26)21(19)24(29)30/h4-9,15,20H,2-3,10-14H2,1H3/t20-/m1/s1. The Kier molecular flexibility index (Phi) is 5.65. The molecule has 0 spiro atoms. The van der Waals surface area contributed by atoms with Crippen molar-refractivity contribution >= 4 is 10.9 Å². The lowest BCUT2D eigenvalue weighted by Crippen LogP contribution is -2.41. The molecular formula is C24H25F2N3O3. The van der Waals surface area contributed by atoms with Gasteiger partial charge in [-0.1, -0.05) is 0 Å². The lowest BCUT2D eigenvalue weighted by Gasteiger charge is -2.35. The summed E-state index contributed by atoms with van der Waals surface area (Å²) in [5.74, 6) is -1.03. The first kappa shape index (κ1) is 21.0. The maximum atomic E-state index is 14.7. The Hall–Kier alpha value is -2.84. The number of ether oxygens (including phenoxy) is 2. The Morgan fingerprint density at radius 2 is 1.81 bits per heavy atom. The van der Waals surface area contributed by atoms with Gasteiger partial charge in [-0.2, -0.15) is 0 Å². The molecule has 2 saturated heterocycles. The summed E-state index contributed by atoms with van der Waals surface area (Å²) < 4.78 is 40.9. The minimum atomic E-state index is -1.17. The number of fused-ring (bicyclic) bond motifs is 1. The summed E-state index contributed by atoms with van der Waals surface area (Å²) >= 11 is 0. The Morgan fingerprint density at radius 3 is 2.53 bits per heavy atom. The predicted molar refractivity (Wildman–Crippen MR) is 116 cm³/mol. The monoisotopic (exact) mass is 441 g/mol. The van der Waals surface area contributed by atoms with Crippen LogP contribution in [0, 0.1) is 11.6 Å². The minimum absolute atomic E-state index is 0.0922. The third-order valence-corrected chi connectivity index (χ3v) is 6.54. The molecule has 6 nitrogen and oxygen atoms in total. The molecule has 0 saturated carbocycles. The second-order valence-electron chi connectivity index (χ2n) is 8.30. The van der Waals surface area contributed by atoms with Crippen LogP contribution >= 0.6 is 0 Å². The minimum Gasteiger partial charge on any atom is -0.497 e. The van der Waals surface area contributed by atoms with Crippen molar-refractivity contribution in [3.8, 4) is 11.4 Å². The predicted octanol–water partition coefficient (Wildman–Crippen LogP) is 3.99. The Balaban J connectivity index is 1.71. The van der Waals surface area contributed by atoms with Crippen molar-refractivity contribution in [2.45, 2.75) is 37.8 Å².